The lowest BCUT2D eigenvalue weighted by atomic mass is 9.77. The Hall–Kier alpha value is -4.18. The Balaban J connectivity index is 1.22. The van der Waals surface area contributed by atoms with Crippen LogP contribution in [-0.2, 0) is 4.74 Å². The molecular weight excluding hydrogens is 432 g/mol. The number of aromatic amines is 1. The van der Waals surface area contributed by atoms with Gasteiger partial charge in [-0.05, 0) is 18.2 Å². The van der Waals surface area contributed by atoms with E-state index in [0.29, 0.717) is 16.9 Å². The second-order valence-electron chi connectivity index (χ2n) is 9.04. The first-order chi connectivity index (χ1) is 16.7. The van der Waals surface area contributed by atoms with Gasteiger partial charge in [0.15, 0.2) is 11.5 Å². The van der Waals surface area contributed by atoms with Gasteiger partial charge in [0.05, 0.1) is 55.0 Å². The Morgan fingerprint density at radius 1 is 1.15 bits per heavy atom. The first kappa shape index (κ1) is 19.3. The predicted octanol–water partition coefficient (Wildman–Crippen LogP) is 3.26. The van der Waals surface area contributed by atoms with Crippen LogP contribution >= 0.6 is 0 Å². The van der Waals surface area contributed by atoms with Crippen LogP contribution in [0.1, 0.15) is 0 Å². The van der Waals surface area contributed by atoms with Crippen LogP contribution in [0, 0.1) is 5.41 Å². The van der Waals surface area contributed by atoms with E-state index in [2.05, 4.69) is 36.6 Å². The largest absolute Gasteiger partial charge is 0.495 e. The number of nitrogens with zero attached hydrogens (tertiary/aromatic N) is 6. The van der Waals surface area contributed by atoms with Gasteiger partial charge in [-0.15, -0.1) is 0 Å². The van der Waals surface area contributed by atoms with Gasteiger partial charge in [-0.3, -0.25) is 5.10 Å². The third kappa shape index (κ3) is 2.99. The first-order valence-corrected chi connectivity index (χ1v) is 11.1. The standard InChI is InChI=1S/C24H22N8O2/c1-33-21-7-17(4-5-20(21)31-10-24(11-31)12-34-13-24)28-22-23-25-14-27-32(23)9-19(29-22)15-2-3-16-8-26-30-18(16)6-15/h2-9,14H,10-13H2,1H3,(H,26,30)(H,28,29). The molecule has 0 radical (unpaired) electrons. The molecule has 3 aromatic heterocycles. The number of hydrogen-bond acceptors (Lipinski definition) is 8. The number of aromatic nitrogens is 6. The Labute approximate surface area is 194 Å². The number of H-pyrrole nitrogens is 1. The average molecular weight is 454 g/mol. The summed E-state index contributed by atoms with van der Waals surface area (Å²) in [5.74, 6) is 1.43. The van der Waals surface area contributed by atoms with Crippen LogP contribution < -0.4 is 15.0 Å². The van der Waals surface area contributed by atoms with Crippen LogP contribution in [0.15, 0.2) is 55.1 Å². The summed E-state index contributed by atoms with van der Waals surface area (Å²) in [6, 6.07) is 12.2. The summed E-state index contributed by atoms with van der Waals surface area (Å²) < 4.78 is 12.9. The van der Waals surface area contributed by atoms with Crippen LogP contribution in [-0.4, -0.2) is 63.2 Å². The molecule has 34 heavy (non-hydrogen) atoms. The lowest BCUT2D eigenvalue weighted by molar-refractivity contribution is -0.127. The fourth-order valence-corrected chi connectivity index (χ4v) is 4.81. The molecule has 2 aliphatic rings. The lowest BCUT2D eigenvalue weighted by Gasteiger charge is -2.56. The molecule has 2 aromatic carbocycles. The van der Waals surface area contributed by atoms with E-state index in [0.717, 1.165) is 65.6 Å². The molecule has 10 nitrogen and oxygen atoms in total. The summed E-state index contributed by atoms with van der Waals surface area (Å²) in [7, 11) is 1.70. The van der Waals surface area contributed by atoms with Crippen molar-refractivity contribution in [1.82, 2.24) is 29.8 Å². The van der Waals surface area contributed by atoms with Crippen molar-refractivity contribution in [3.05, 3.63) is 55.1 Å². The second kappa shape index (κ2) is 7.16. The zero-order valence-corrected chi connectivity index (χ0v) is 18.5. The minimum absolute atomic E-state index is 0.338. The van der Waals surface area contributed by atoms with Crippen molar-refractivity contribution in [3.63, 3.8) is 0 Å². The highest BCUT2D eigenvalue weighted by molar-refractivity contribution is 5.84. The van der Waals surface area contributed by atoms with Crippen LogP contribution in [0.5, 0.6) is 5.75 Å². The van der Waals surface area contributed by atoms with Gasteiger partial charge in [0.2, 0.25) is 0 Å². The molecule has 2 fully saturated rings. The Bertz CT molecular complexity index is 1530. The van der Waals surface area contributed by atoms with E-state index in [9.17, 15) is 0 Å². The highest BCUT2D eigenvalue weighted by Gasteiger charge is 2.49. The van der Waals surface area contributed by atoms with Crippen molar-refractivity contribution in [3.8, 4) is 17.0 Å². The number of nitrogens with one attached hydrogen (secondary N) is 2. The van der Waals surface area contributed by atoms with Gasteiger partial charge in [-0.25, -0.2) is 14.5 Å². The molecule has 0 bridgehead atoms. The van der Waals surface area contributed by atoms with E-state index in [1.807, 2.05) is 36.5 Å². The van der Waals surface area contributed by atoms with Crippen LogP contribution in [0.25, 0.3) is 27.8 Å². The van der Waals surface area contributed by atoms with E-state index >= 15 is 0 Å². The molecule has 5 heterocycles. The van der Waals surface area contributed by atoms with Crippen molar-refractivity contribution >= 4 is 33.7 Å². The molecule has 170 valence electrons. The first-order valence-electron chi connectivity index (χ1n) is 11.1. The summed E-state index contributed by atoms with van der Waals surface area (Å²) >= 11 is 0. The van der Waals surface area contributed by atoms with Gasteiger partial charge in [0, 0.05) is 35.8 Å². The number of hydrogen-bond donors (Lipinski definition) is 2. The Morgan fingerprint density at radius 3 is 2.88 bits per heavy atom. The molecule has 5 aromatic rings. The molecule has 7 rings (SSSR count). The number of ether oxygens (including phenoxy) is 2. The van der Waals surface area contributed by atoms with E-state index < -0.39 is 0 Å². The predicted molar refractivity (Wildman–Crippen MR) is 128 cm³/mol. The molecule has 0 saturated carbocycles. The number of rotatable bonds is 5. The van der Waals surface area contributed by atoms with E-state index in [1.165, 1.54) is 6.33 Å². The maximum absolute atomic E-state index is 5.72. The smallest absolute Gasteiger partial charge is 0.198 e. The van der Waals surface area contributed by atoms with Gasteiger partial charge >= 0.3 is 0 Å². The number of anilines is 3. The van der Waals surface area contributed by atoms with E-state index in [1.54, 1.807) is 17.8 Å². The van der Waals surface area contributed by atoms with Gasteiger partial charge in [0.1, 0.15) is 12.1 Å². The van der Waals surface area contributed by atoms with Crippen molar-refractivity contribution in [2.24, 2.45) is 5.41 Å². The summed E-state index contributed by atoms with van der Waals surface area (Å²) in [5, 5.41) is 15.9. The van der Waals surface area contributed by atoms with Gasteiger partial charge in [-0.1, -0.05) is 12.1 Å². The molecule has 0 aliphatic carbocycles. The van der Waals surface area contributed by atoms with Crippen molar-refractivity contribution in [1.29, 1.82) is 0 Å². The zero-order valence-electron chi connectivity index (χ0n) is 18.5. The Kier molecular flexibility index (Phi) is 4.06. The molecule has 2 saturated heterocycles. The molecular formula is C24H22N8O2. The zero-order chi connectivity index (χ0) is 22.7. The summed E-state index contributed by atoms with van der Waals surface area (Å²) in [4.78, 5) is 11.6. The highest BCUT2D eigenvalue weighted by atomic mass is 16.5. The molecule has 0 atom stereocenters. The molecule has 1 spiro atoms. The summed E-state index contributed by atoms with van der Waals surface area (Å²) in [6.07, 6.45) is 5.20. The molecule has 10 heteroatoms. The van der Waals surface area contributed by atoms with E-state index in [4.69, 9.17) is 14.5 Å². The molecule has 2 aliphatic heterocycles. The van der Waals surface area contributed by atoms with Crippen molar-refractivity contribution < 1.29 is 9.47 Å². The van der Waals surface area contributed by atoms with Gasteiger partial charge in [-0.2, -0.15) is 10.2 Å². The van der Waals surface area contributed by atoms with Crippen LogP contribution in [0.3, 0.4) is 0 Å². The number of methoxy groups -OCH3 is 1. The molecule has 0 unspecified atom stereocenters. The third-order valence-corrected chi connectivity index (χ3v) is 6.65. The van der Waals surface area contributed by atoms with Gasteiger partial charge in [0.25, 0.3) is 0 Å². The topological polar surface area (TPSA) is 105 Å². The average Bonchev–Trinajstić information content (AvgIpc) is 3.46. The maximum Gasteiger partial charge on any atom is 0.198 e. The fourth-order valence-electron chi connectivity index (χ4n) is 4.81. The second-order valence-corrected chi connectivity index (χ2v) is 9.04. The van der Waals surface area contributed by atoms with Crippen molar-refractivity contribution in [2.75, 3.05) is 43.6 Å². The highest BCUT2D eigenvalue weighted by Crippen LogP contribution is 2.44. The minimum Gasteiger partial charge on any atom is -0.495 e. The maximum atomic E-state index is 5.72. The number of fused-ring (bicyclic) bond motifs is 2. The number of benzene rings is 2. The Morgan fingerprint density at radius 2 is 2.06 bits per heavy atom. The summed E-state index contributed by atoms with van der Waals surface area (Å²) in [6.45, 7) is 3.71. The fraction of sp³-hybridized carbons (Fsp3) is 0.250. The SMILES string of the molecule is COc1cc(Nc2nc(-c3ccc4cn[nH]c4c3)cn3ncnc23)ccc1N1CC2(COC2)C1. The quantitative estimate of drug-likeness (QED) is 0.417. The van der Waals surface area contributed by atoms with E-state index in [-0.39, 0.29) is 0 Å². The molecule has 2 N–H and O–H groups in total. The summed E-state index contributed by atoms with van der Waals surface area (Å²) in [5.41, 5.74) is 5.61. The third-order valence-electron chi connectivity index (χ3n) is 6.65. The lowest BCUT2D eigenvalue weighted by Crippen LogP contribution is -2.66. The van der Waals surface area contributed by atoms with Crippen LogP contribution in [0.4, 0.5) is 17.2 Å². The monoisotopic (exact) mass is 454 g/mol. The van der Waals surface area contributed by atoms with Gasteiger partial charge < -0.3 is 19.7 Å². The van der Waals surface area contributed by atoms with Crippen LogP contribution in [0.2, 0.25) is 0 Å². The minimum atomic E-state index is 0.338. The molecule has 0 amide bonds. The normalized spacial score (nSPS) is 16.6. The van der Waals surface area contributed by atoms with Crippen molar-refractivity contribution in [2.45, 2.75) is 0 Å².